The van der Waals surface area contributed by atoms with Crippen LogP contribution in [0.5, 0.6) is 11.5 Å². The number of aromatic hydroxyl groups is 1. The van der Waals surface area contributed by atoms with Gasteiger partial charge in [-0.25, -0.2) is 0 Å². The Balaban J connectivity index is 0.00000264. The molecule has 0 unspecified atom stereocenters. The maximum absolute atomic E-state index is 12.4. The number of alkyl halides is 3. The van der Waals surface area contributed by atoms with Crippen LogP contribution in [0, 0.1) is 0 Å². The molecule has 0 spiro atoms. The van der Waals surface area contributed by atoms with E-state index in [1.165, 1.54) is 6.07 Å². The summed E-state index contributed by atoms with van der Waals surface area (Å²) in [5, 5.41) is 13.4. The second-order valence-corrected chi connectivity index (χ2v) is 5.07. The highest BCUT2D eigenvalue weighted by molar-refractivity contribution is 5.85. The third-order valence-corrected chi connectivity index (χ3v) is 3.60. The van der Waals surface area contributed by atoms with Crippen LogP contribution in [0.1, 0.15) is 18.0 Å². The van der Waals surface area contributed by atoms with Gasteiger partial charge in [0, 0.05) is 37.8 Å². The van der Waals surface area contributed by atoms with E-state index < -0.39 is 17.9 Å². The van der Waals surface area contributed by atoms with Gasteiger partial charge in [0.05, 0.1) is 0 Å². The van der Waals surface area contributed by atoms with Crippen LogP contribution in [-0.4, -0.2) is 42.5 Å². The van der Waals surface area contributed by atoms with Gasteiger partial charge < -0.3 is 15.2 Å². The van der Waals surface area contributed by atoms with Gasteiger partial charge >= 0.3 is 6.36 Å². The number of para-hydroxylation sites is 1. The topological polar surface area (TPSA) is 44.7 Å². The molecular formula is C15H21Cl2F3N2O2. The lowest BCUT2D eigenvalue weighted by Crippen LogP contribution is -2.45. The summed E-state index contributed by atoms with van der Waals surface area (Å²) in [6, 6.07) is 3.95. The minimum atomic E-state index is -4.83. The summed E-state index contributed by atoms with van der Waals surface area (Å²) in [5.74, 6) is -1.04. The SMILES string of the molecule is C=CC[C@@H](c1cccc(OC(F)(F)F)c1O)N1CCNCC1.Cl.Cl. The fourth-order valence-corrected chi connectivity index (χ4v) is 2.64. The molecule has 1 aliphatic heterocycles. The zero-order valence-corrected chi connectivity index (χ0v) is 14.5. The Kier molecular flexibility index (Phi) is 9.50. The highest BCUT2D eigenvalue weighted by Gasteiger charge is 2.33. The zero-order valence-electron chi connectivity index (χ0n) is 12.9. The molecule has 0 saturated carbocycles. The van der Waals surface area contributed by atoms with Crippen LogP contribution >= 0.6 is 24.8 Å². The summed E-state index contributed by atoms with van der Waals surface area (Å²) in [4.78, 5) is 2.12. The van der Waals surface area contributed by atoms with E-state index in [4.69, 9.17) is 0 Å². The monoisotopic (exact) mass is 388 g/mol. The molecule has 1 fully saturated rings. The molecule has 0 bridgehead atoms. The molecule has 1 heterocycles. The number of nitrogens with one attached hydrogen (secondary N) is 1. The van der Waals surface area contributed by atoms with Crippen LogP contribution < -0.4 is 10.1 Å². The Hall–Kier alpha value is -1.15. The van der Waals surface area contributed by atoms with Crippen LogP contribution in [-0.2, 0) is 0 Å². The molecule has 9 heteroatoms. The smallest absolute Gasteiger partial charge is 0.504 e. The fourth-order valence-electron chi connectivity index (χ4n) is 2.64. The number of halogens is 5. The summed E-state index contributed by atoms with van der Waals surface area (Å²) in [6.45, 7) is 6.80. The van der Waals surface area contributed by atoms with Gasteiger partial charge in [-0.1, -0.05) is 18.2 Å². The molecule has 2 rings (SSSR count). The molecule has 0 radical (unpaired) electrons. The van der Waals surface area contributed by atoms with Crippen molar-refractivity contribution in [2.24, 2.45) is 0 Å². The Bertz CT molecular complexity index is 524. The largest absolute Gasteiger partial charge is 0.573 e. The molecule has 0 aromatic heterocycles. The molecule has 1 aliphatic rings. The van der Waals surface area contributed by atoms with Crippen LogP contribution in [0.25, 0.3) is 0 Å². The lowest BCUT2D eigenvalue weighted by atomic mass is 9.99. The first-order chi connectivity index (χ1) is 10.4. The molecule has 1 aromatic carbocycles. The highest BCUT2D eigenvalue weighted by atomic mass is 35.5. The normalized spacial score (nSPS) is 16.5. The average molecular weight is 389 g/mol. The van der Waals surface area contributed by atoms with Crippen LogP contribution in [0.4, 0.5) is 13.2 Å². The Labute approximate surface area is 151 Å². The second kappa shape index (κ2) is 9.98. The van der Waals surface area contributed by atoms with Crippen LogP contribution in [0.2, 0.25) is 0 Å². The molecule has 0 aliphatic carbocycles. The number of hydrogen-bond acceptors (Lipinski definition) is 4. The van der Waals surface area contributed by atoms with Gasteiger partial charge in [-0.15, -0.1) is 44.6 Å². The van der Waals surface area contributed by atoms with E-state index in [2.05, 4.69) is 21.5 Å². The number of hydrogen-bond donors (Lipinski definition) is 2. The van der Waals surface area contributed by atoms with Crippen molar-refractivity contribution in [2.45, 2.75) is 18.8 Å². The van der Waals surface area contributed by atoms with E-state index in [0.717, 1.165) is 32.2 Å². The Morgan fingerprint density at radius 2 is 1.92 bits per heavy atom. The molecule has 1 saturated heterocycles. The maximum atomic E-state index is 12.4. The summed E-state index contributed by atoms with van der Waals surface area (Å²) in [6.07, 6.45) is -2.61. The number of rotatable bonds is 5. The van der Waals surface area contributed by atoms with Crippen molar-refractivity contribution in [2.75, 3.05) is 26.2 Å². The van der Waals surface area contributed by atoms with E-state index in [9.17, 15) is 18.3 Å². The molecule has 4 nitrogen and oxygen atoms in total. The van der Waals surface area contributed by atoms with Gasteiger partial charge in [-0.3, -0.25) is 4.90 Å². The molecule has 138 valence electrons. The molecule has 24 heavy (non-hydrogen) atoms. The van der Waals surface area contributed by atoms with E-state index in [0.29, 0.717) is 12.0 Å². The minimum absolute atomic E-state index is 0. The van der Waals surface area contributed by atoms with E-state index in [-0.39, 0.29) is 30.9 Å². The quantitative estimate of drug-likeness (QED) is 0.755. The second-order valence-electron chi connectivity index (χ2n) is 5.07. The number of ether oxygens (including phenoxy) is 1. The number of benzene rings is 1. The van der Waals surface area contributed by atoms with E-state index in [1.807, 2.05) is 0 Å². The molecule has 2 N–H and O–H groups in total. The Morgan fingerprint density at radius 3 is 2.46 bits per heavy atom. The van der Waals surface area contributed by atoms with Gasteiger partial charge in [0.1, 0.15) is 0 Å². The van der Waals surface area contributed by atoms with Crippen molar-refractivity contribution in [1.82, 2.24) is 10.2 Å². The van der Waals surface area contributed by atoms with Crippen molar-refractivity contribution in [1.29, 1.82) is 0 Å². The molecule has 1 atom stereocenters. The van der Waals surface area contributed by atoms with E-state index >= 15 is 0 Å². The van der Waals surface area contributed by atoms with Crippen molar-refractivity contribution < 1.29 is 23.0 Å². The average Bonchev–Trinajstić information content (AvgIpc) is 2.47. The van der Waals surface area contributed by atoms with Crippen molar-refractivity contribution in [3.8, 4) is 11.5 Å². The minimum Gasteiger partial charge on any atom is -0.504 e. The zero-order chi connectivity index (χ0) is 16.2. The predicted molar refractivity (Wildman–Crippen MR) is 91.3 cm³/mol. The first-order valence-corrected chi connectivity index (χ1v) is 7.05. The molecular weight excluding hydrogens is 368 g/mol. The number of nitrogens with zero attached hydrogens (tertiary/aromatic N) is 1. The maximum Gasteiger partial charge on any atom is 0.573 e. The molecule has 1 aromatic rings. The fraction of sp³-hybridized carbons (Fsp3) is 0.467. The standard InChI is InChI=1S/C15H19F3N2O2.2ClH/c1-2-4-12(20-9-7-19-8-10-20)11-5-3-6-13(14(11)21)22-15(16,17)18;;/h2-3,5-6,12,19,21H,1,4,7-10H2;2*1H/t12-;;/m0../s1. The van der Waals surface area contributed by atoms with Gasteiger partial charge in [-0.05, 0) is 12.5 Å². The van der Waals surface area contributed by atoms with Crippen molar-refractivity contribution >= 4 is 24.8 Å². The predicted octanol–water partition coefficient (Wildman–Crippen LogP) is 3.66. The summed E-state index contributed by atoms with van der Waals surface area (Å²) in [5.41, 5.74) is 0.420. The van der Waals surface area contributed by atoms with Gasteiger partial charge in [0.2, 0.25) is 0 Å². The lowest BCUT2D eigenvalue weighted by molar-refractivity contribution is -0.275. The summed E-state index contributed by atoms with van der Waals surface area (Å²) >= 11 is 0. The third kappa shape index (κ3) is 6.05. The summed E-state index contributed by atoms with van der Waals surface area (Å²) < 4.78 is 41.0. The van der Waals surface area contributed by atoms with E-state index in [1.54, 1.807) is 12.1 Å². The van der Waals surface area contributed by atoms with Crippen molar-refractivity contribution in [3.05, 3.63) is 36.4 Å². The Morgan fingerprint density at radius 1 is 1.29 bits per heavy atom. The lowest BCUT2D eigenvalue weighted by Gasteiger charge is -2.35. The highest BCUT2D eigenvalue weighted by Crippen LogP contribution is 2.39. The number of piperazine rings is 1. The first kappa shape index (κ1) is 22.9. The third-order valence-electron chi connectivity index (χ3n) is 3.60. The van der Waals surface area contributed by atoms with Crippen LogP contribution in [0.15, 0.2) is 30.9 Å². The number of phenols is 1. The van der Waals surface area contributed by atoms with Gasteiger partial charge in [-0.2, -0.15) is 0 Å². The molecule has 0 amide bonds. The number of phenolic OH excluding ortho intramolecular Hbond substituents is 1. The van der Waals surface area contributed by atoms with Crippen molar-refractivity contribution in [3.63, 3.8) is 0 Å². The van der Waals surface area contributed by atoms with Gasteiger partial charge in [0.15, 0.2) is 11.5 Å². The van der Waals surface area contributed by atoms with Gasteiger partial charge in [0.25, 0.3) is 0 Å². The summed E-state index contributed by atoms with van der Waals surface area (Å²) in [7, 11) is 0. The van der Waals surface area contributed by atoms with Crippen LogP contribution in [0.3, 0.4) is 0 Å². The first-order valence-electron chi connectivity index (χ1n) is 7.05.